The average Bonchev–Trinajstić information content (AvgIpc) is 2.64. The molecule has 18 heavy (non-hydrogen) atoms. The molecule has 0 spiro atoms. The molecule has 3 nitrogen and oxygen atoms in total. The smallest absolute Gasteiger partial charge is 0.308 e. The minimum atomic E-state index is -2.56. The van der Waals surface area contributed by atoms with E-state index < -0.39 is 6.55 Å². The molecule has 2 aromatic rings. The number of hydrogen-bond acceptors (Lipinski definition) is 2. The molecule has 0 aliphatic carbocycles. The molecule has 0 saturated heterocycles. The third-order valence-corrected chi connectivity index (χ3v) is 2.69. The van der Waals surface area contributed by atoms with Gasteiger partial charge >= 0.3 is 6.55 Å². The maximum absolute atomic E-state index is 12.9. The molecule has 0 amide bonds. The van der Waals surface area contributed by atoms with Gasteiger partial charge < -0.3 is 5.32 Å². The van der Waals surface area contributed by atoms with Crippen LogP contribution >= 0.6 is 0 Å². The van der Waals surface area contributed by atoms with Gasteiger partial charge in [-0.1, -0.05) is 0 Å². The fraction of sp³-hybridized carbons (Fsp3) is 0.462. The predicted molar refractivity (Wildman–Crippen MR) is 67.6 cm³/mol. The van der Waals surface area contributed by atoms with Crippen LogP contribution in [-0.2, 0) is 6.54 Å². The Balaban J connectivity index is 2.39. The van der Waals surface area contributed by atoms with Crippen LogP contribution in [0.25, 0.3) is 11.0 Å². The van der Waals surface area contributed by atoms with Crippen molar-refractivity contribution in [2.24, 2.45) is 0 Å². The van der Waals surface area contributed by atoms with Gasteiger partial charge in [0.2, 0.25) is 0 Å². The Hall–Kier alpha value is -1.49. The highest BCUT2D eigenvalue weighted by atomic mass is 19.3. The largest absolute Gasteiger partial charge is 0.320 e. The van der Waals surface area contributed by atoms with Crippen molar-refractivity contribution < 1.29 is 8.78 Å². The molecule has 2 heterocycles. The van der Waals surface area contributed by atoms with Gasteiger partial charge in [0.05, 0.1) is 0 Å². The Bertz CT molecular complexity index is 541. The maximum atomic E-state index is 12.9. The molecule has 0 aliphatic rings. The Kier molecular flexibility index (Phi) is 3.34. The van der Waals surface area contributed by atoms with Crippen molar-refractivity contribution in [3.8, 4) is 0 Å². The summed E-state index contributed by atoms with van der Waals surface area (Å²) < 4.78 is 26.7. The second kappa shape index (κ2) is 4.65. The van der Waals surface area contributed by atoms with Crippen LogP contribution in [0, 0.1) is 0 Å². The molecule has 2 aromatic heterocycles. The van der Waals surface area contributed by atoms with Gasteiger partial charge in [0.15, 0.2) is 0 Å². The van der Waals surface area contributed by atoms with Crippen LogP contribution in [0.3, 0.4) is 0 Å². The van der Waals surface area contributed by atoms with E-state index in [2.05, 4.69) is 10.3 Å². The zero-order valence-electron chi connectivity index (χ0n) is 10.7. The van der Waals surface area contributed by atoms with Gasteiger partial charge in [-0.2, -0.15) is 8.78 Å². The monoisotopic (exact) mass is 253 g/mol. The highest BCUT2D eigenvalue weighted by molar-refractivity contribution is 5.80. The van der Waals surface area contributed by atoms with Crippen LogP contribution in [0.5, 0.6) is 0 Å². The number of nitrogens with one attached hydrogen (secondary N) is 1. The first-order chi connectivity index (χ1) is 8.38. The van der Waals surface area contributed by atoms with Gasteiger partial charge in [-0.15, -0.1) is 0 Å². The first-order valence-electron chi connectivity index (χ1n) is 5.86. The standard InChI is InChI=1S/C13H17F2N3/c1-13(2,3)17-7-9-8-18(12(14)15)11-10(9)5-4-6-16-11/h4-6,8,12,17H,7H2,1-3H3. The van der Waals surface area contributed by atoms with Gasteiger partial charge in [-0.3, -0.25) is 4.57 Å². The molecule has 0 bridgehead atoms. The zero-order chi connectivity index (χ0) is 13.3. The van der Waals surface area contributed by atoms with E-state index in [0.717, 1.165) is 15.5 Å². The second-order valence-corrected chi connectivity index (χ2v) is 5.32. The first-order valence-corrected chi connectivity index (χ1v) is 5.86. The molecule has 5 heteroatoms. The van der Waals surface area contributed by atoms with E-state index in [1.165, 1.54) is 12.4 Å². The lowest BCUT2D eigenvalue weighted by atomic mass is 10.1. The van der Waals surface area contributed by atoms with Crippen molar-refractivity contribution in [3.63, 3.8) is 0 Å². The van der Waals surface area contributed by atoms with Crippen molar-refractivity contribution in [2.75, 3.05) is 0 Å². The number of hydrogen-bond donors (Lipinski definition) is 1. The summed E-state index contributed by atoms with van der Waals surface area (Å²) in [6.45, 7) is 4.10. The Morgan fingerprint density at radius 2 is 2.11 bits per heavy atom. The fourth-order valence-electron chi connectivity index (χ4n) is 1.80. The third-order valence-electron chi connectivity index (χ3n) is 2.69. The Labute approximate surface area is 105 Å². The molecule has 0 aliphatic heterocycles. The van der Waals surface area contributed by atoms with Crippen LogP contribution in [0.15, 0.2) is 24.5 Å². The van der Waals surface area contributed by atoms with Gasteiger partial charge in [-0.05, 0) is 38.5 Å². The van der Waals surface area contributed by atoms with Crippen LogP contribution in [-0.4, -0.2) is 15.1 Å². The van der Waals surface area contributed by atoms with Crippen LogP contribution in [0.4, 0.5) is 8.78 Å². The zero-order valence-corrected chi connectivity index (χ0v) is 10.7. The molecular weight excluding hydrogens is 236 g/mol. The van der Waals surface area contributed by atoms with Crippen LogP contribution in [0.2, 0.25) is 0 Å². The third kappa shape index (κ3) is 2.67. The molecule has 0 fully saturated rings. The Morgan fingerprint density at radius 3 is 2.72 bits per heavy atom. The quantitative estimate of drug-likeness (QED) is 0.909. The summed E-state index contributed by atoms with van der Waals surface area (Å²) in [5.41, 5.74) is 1.12. The molecule has 2 rings (SSSR count). The molecule has 0 aromatic carbocycles. The minimum absolute atomic E-state index is 0.0541. The summed E-state index contributed by atoms with van der Waals surface area (Å²) in [4.78, 5) is 4.02. The summed E-state index contributed by atoms with van der Waals surface area (Å²) in [6.07, 6.45) is 3.00. The maximum Gasteiger partial charge on any atom is 0.320 e. The SMILES string of the molecule is CC(C)(C)NCc1cn(C(F)F)c2ncccc12. The van der Waals surface area contributed by atoms with E-state index in [0.29, 0.717) is 12.2 Å². The number of rotatable bonds is 3. The summed E-state index contributed by atoms with van der Waals surface area (Å²) in [7, 11) is 0. The van der Waals surface area contributed by atoms with E-state index in [1.807, 2.05) is 26.8 Å². The molecular formula is C13H17F2N3. The van der Waals surface area contributed by atoms with Crippen LogP contribution < -0.4 is 5.32 Å². The summed E-state index contributed by atoms with van der Waals surface area (Å²) in [6, 6.07) is 3.58. The van der Waals surface area contributed by atoms with Gasteiger partial charge in [0, 0.05) is 29.9 Å². The lowest BCUT2D eigenvalue weighted by Crippen LogP contribution is -2.34. The van der Waals surface area contributed by atoms with Crippen LogP contribution in [0.1, 0.15) is 32.9 Å². The second-order valence-electron chi connectivity index (χ2n) is 5.32. The predicted octanol–water partition coefficient (Wildman–Crippen LogP) is 3.32. The Morgan fingerprint density at radius 1 is 1.39 bits per heavy atom. The van der Waals surface area contributed by atoms with E-state index in [-0.39, 0.29) is 5.54 Å². The van der Waals surface area contributed by atoms with Crippen molar-refractivity contribution in [1.29, 1.82) is 0 Å². The number of halogens is 2. The number of nitrogens with zero attached hydrogens (tertiary/aromatic N) is 2. The fourth-order valence-corrected chi connectivity index (χ4v) is 1.80. The van der Waals surface area contributed by atoms with Crippen molar-refractivity contribution in [1.82, 2.24) is 14.9 Å². The number of aromatic nitrogens is 2. The lowest BCUT2D eigenvalue weighted by Gasteiger charge is -2.20. The van der Waals surface area contributed by atoms with Gasteiger partial charge in [0.25, 0.3) is 0 Å². The number of pyridine rings is 1. The normalized spacial score (nSPS) is 12.6. The lowest BCUT2D eigenvalue weighted by molar-refractivity contribution is 0.0745. The molecule has 98 valence electrons. The topological polar surface area (TPSA) is 29.9 Å². The summed E-state index contributed by atoms with van der Waals surface area (Å²) >= 11 is 0. The average molecular weight is 253 g/mol. The van der Waals surface area contributed by atoms with Crippen molar-refractivity contribution in [2.45, 2.75) is 39.4 Å². The minimum Gasteiger partial charge on any atom is -0.308 e. The van der Waals surface area contributed by atoms with E-state index in [1.54, 1.807) is 6.07 Å². The molecule has 0 unspecified atom stereocenters. The summed E-state index contributed by atoms with van der Waals surface area (Å²) in [5.74, 6) is 0. The van der Waals surface area contributed by atoms with Crippen molar-refractivity contribution >= 4 is 11.0 Å². The number of fused-ring (bicyclic) bond motifs is 1. The van der Waals surface area contributed by atoms with Gasteiger partial charge in [-0.25, -0.2) is 4.98 Å². The highest BCUT2D eigenvalue weighted by Gasteiger charge is 2.16. The highest BCUT2D eigenvalue weighted by Crippen LogP contribution is 2.24. The molecule has 1 N–H and O–H groups in total. The van der Waals surface area contributed by atoms with E-state index in [9.17, 15) is 8.78 Å². The molecule has 0 saturated carbocycles. The van der Waals surface area contributed by atoms with Gasteiger partial charge in [0.1, 0.15) is 5.65 Å². The van der Waals surface area contributed by atoms with E-state index in [4.69, 9.17) is 0 Å². The van der Waals surface area contributed by atoms with Crippen molar-refractivity contribution in [3.05, 3.63) is 30.1 Å². The molecule has 0 atom stereocenters. The summed E-state index contributed by atoms with van der Waals surface area (Å²) in [5, 5.41) is 4.07. The first kappa shape index (κ1) is 13.0. The molecule has 0 radical (unpaired) electrons. The number of alkyl halides is 2. The van der Waals surface area contributed by atoms with E-state index >= 15 is 0 Å².